The molecule has 0 atom stereocenters. The van der Waals surface area contributed by atoms with Gasteiger partial charge in [-0.05, 0) is 36.4 Å². The molecule has 0 spiro atoms. The van der Waals surface area contributed by atoms with E-state index in [0.717, 1.165) is 50.9 Å². The van der Waals surface area contributed by atoms with E-state index in [9.17, 15) is 8.78 Å². The standard InChI is InChI=1S/2C16H16FN3O/c1-19(2)13-6-7-20-10-15(18-16(20)9-13)12-4-3-5-14(8-12)21-11-17;1-21-14-4-2-3-12(9-14)15-11-20-8-5-13(18-7-6-17)10-16(20)19-15/h3-10H,11H2,1-2H3;2-5,8-11,18H,6-7H2,1H3. The van der Waals surface area contributed by atoms with E-state index in [4.69, 9.17) is 9.47 Å². The molecule has 1 N–H and O–H groups in total. The van der Waals surface area contributed by atoms with Crippen LogP contribution in [-0.4, -0.2) is 60.1 Å². The van der Waals surface area contributed by atoms with Gasteiger partial charge in [0.15, 0.2) is 0 Å². The second kappa shape index (κ2) is 13.0. The molecule has 0 unspecified atom stereocenters. The quantitative estimate of drug-likeness (QED) is 0.207. The van der Waals surface area contributed by atoms with Crippen molar-refractivity contribution >= 4 is 22.7 Å². The number of benzene rings is 2. The lowest BCUT2D eigenvalue weighted by molar-refractivity contribution is 0.192. The summed E-state index contributed by atoms with van der Waals surface area (Å²) in [6.07, 6.45) is 7.79. The number of methoxy groups -OCH3 is 1. The number of aromatic nitrogens is 4. The maximum atomic E-state index is 12.3. The number of alkyl halides is 2. The average Bonchev–Trinajstić information content (AvgIpc) is 3.64. The molecule has 0 aliphatic rings. The van der Waals surface area contributed by atoms with Gasteiger partial charge in [0.05, 0.1) is 18.5 Å². The lowest BCUT2D eigenvalue weighted by atomic mass is 10.1. The summed E-state index contributed by atoms with van der Waals surface area (Å²) in [5.74, 6) is 1.30. The number of pyridine rings is 2. The van der Waals surface area contributed by atoms with Crippen LogP contribution in [-0.2, 0) is 0 Å². The average molecular weight is 571 g/mol. The molecule has 0 saturated carbocycles. The summed E-state index contributed by atoms with van der Waals surface area (Å²) in [7, 11) is 5.63. The first-order chi connectivity index (χ1) is 20.5. The van der Waals surface area contributed by atoms with Crippen molar-refractivity contribution in [3.8, 4) is 34.0 Å². The monoisotopic (exact) mass is 570 g/mol. The lowest BCUT2D eigenvalue weighted by Crippen LogP contribution is -2.08. The van der Waals surface area contributed by atoms with Crippen molar-refractivity contribution < 1.29 is 18.3 Å². The molecule has 4 heterocycles. The predicted octanol–water partition coefficient (Wildman–Crippen LogP) is 6.76. The number of anilines is 2. The third kappa shape index (κ3) is 6.60. The summed E-state index contributed by atoms with van der Waals surface area (Å²) in [5, 5.41) is 3.01. The first-order valence-electron chi connectivity index (χ1n) is 13.4. The van der Waals surface area contributed by atoms with Crippen LogP contribution in [0.15, 0.2) is 97.6 Å². The van der Waals surface area contributed by atoms with Gasteiger partial charge in [-0.2, -0.15) is 0 Å². The molecule has 0 amide bonds. The smallest absolute Gasteiger partial charge is 0.228 e. The van der Waals surface area contributed by atoms with Gasteiger partial charge in [-0.15, -0.1) is 0 Å². The number of nitrogens with one attached hydrogen (secondary N) is 1. The van der Waals surface area contributed by atoms with Crippen molar-refractivity contribution in [2.24, 2.45) is 0 Å². The van der Waals surface area contributed by atoms with Crippen LogP contribution in [0.4, 0.5) is 20.2 Å². The fraction of sp³-hybridized carbons (Fsp3) is 0.188. The Morgan fingerprint density at radius 2 is 1.40 bits per heavy atom. The first kappa shape index (κ1) is 28.4. The van der Waals surface area contributed by atoms with Gasteiger partial charge >= 0.3 is 0 Å². The van der Waals surface area contributed by atoms with Gasteiger partial charge in [0.2, 0.25) is 6.86 Å². The zero-order valence-corrected chi connectivity index (χ0v) is 23.7. The molecular formula is C32H32F2N6O2. The SMILES string of the molecule is CN(C)c1ccn2cc(-c3cccc(OCF)c3)nc2c1.COc1cccc(-c2cn3ccc(NCCF)cc3n2)c1. The summed E-state index contributed by atoms with van der Waals surface area (Å²) in [5.41, 5.74) is 7.24. The van der Waals surface area contributed by atoms with Crippen LogP contribution in [0, 0.1) is 0 Å². The molecule has 0 aliphatic carbocycles. The Labute approximate surface area is 242 Å². The molecule has 0 fully saturated rings. The second-order valence-electron chi connectivity index (χ2n) is 9.61. The van der Waals surface area contributed by atoms with E-state index in [0.29, 0.717) is 12.3 Å². The molecule has 216 valence electrons. The summed E-state index contributed by atoms with van der Waals surface area (Å²) in [6, 6.07) is 22.9. The highest BCUT2D eigenvalue weighted by atomic mass is 19.1. The zero-order valence-electron chi connectivity index (χ0n) is 23.7. The number of rotatable bonds is 9. The fourth-order valence-electron chi connectivity index (χ4n) is 4.40. The van der Waals surface area contributed by atoms with Crippen LogP contribution in [0.25, 0.3) is 33.8 Å². The van der Waals surface area contributed by atoms with Gasteiger partial charge in [-0.1, -0.05) is 24.3 Å². The molecule has 2 aromatic carbocycles. The molecular weight excluding hydrogens is 538 g/mol. The number of fused-ring (bicyclic) bond motifs is 2. The number of hydrogen-bond acceptors (Lipinski definition) is 6. The summed E-state index contributed by atoms with van der Waals surface area (Å²) < 4.78 is 38.5. The highest BCUT2D eigenvalue weighted by Gasteiger charge is 2.08. The van der Waals surface area contributed by atoms with E-state index in [1.54, 1.807) is 19.2 Å². The van der Waals surface area contributed by atoms with Crippen molar-refractivity contribution in [2.75, 3.05) is 51.5 Å². The third-order valence-corrected chi connectivity index (χ3v) is 6.56. The van der Waals surface area contributed by atoms with E-state index < -0.39 is 13.5 Å². The van der Waals surface area contributed by atoms with Gasteiger partial charge < -0.3 is 28.5 Å². The highest BCUT2D eigenvalue weighted by Crippen LogP contribution is 2.26. The van der Waals surface area contributed by atoms with Crippen LogP contribution in [0.5, 0.6) is 11.5 Å². The molecule has 0 saturated heterocycles. The molecule has 10 heteroatoms. The van der Waals surface area contributed by atoms with E-state index in [-0.39, 0.29) is 0 Å². The van der Waals surface area contributed by atoms with Crippen LogP contribution < -0.4 is 19.7 Å². The van der Waals surface area contributed by atoms with Gasteiger partial charge in [0.1, 0.15) is 29.5 Å². The largest absolute Gasteiger partial charge is 0.497 e. The lowest BCUT2D eigenvalue weighted by Gasteiger charge is -2.11. The molecule has 8 nitrogen and oxygen atoms in total. The van der Waals surface area contributed by atoms with Crippen molar-refractivity contribution in [1.29, 1.82) is 0 Å². The minimum atomic E-state index is -0.833. The van der Waals surface area contributed by atoms with Crippen molar-refractivity contribution in [3.05, 3.63) is 97.6 Å². The molecule has 0 radical (unpaired) electrons. The summed E-state index contributed by atoms with van der Waals surface area (Å²) in [4.78, 5) is 11.2. The maximum absolute atomic E-state index is 12.3. The number of ether oxygens (including phenoxy) is 2. The second-order valence-corrected chi connectivity index (χ2v) is 9.61. The molecule has 6 rings (SSSR count). The van der Waals surface area contributed by atoms with Crippen LogP contribution in [0.1, 0.15) is 0 Å². The molecule has 0 aliphatic heterocycles. The third-order valence-electron chi connectivity index (χ3n) is 6.56. The summed E-state index contributed by atoms with van der Waals surface area (Å²) in [6.45, 7) is -0.922. The number of imidazole rings is 2. The predicted molar refractivity (Wildman–Crippen MR) is 163 cm³/mol. The van der Waals surface area contributed by atoms with Crippen molar-refractivity contribution in [1.82, 2.24) is 18.8 Å². The van der Waals surface area contributed by atoms with Crippen molar-refractivity contribution in [3.63, 3.8) is 0 Å². The Morgan fingerprint density at radius 3 is 2.02 bits per heavy atom. The van der Waals surface area contributed by atoms with Gasteiger partial charge in [-0.3, -0.25) is 0 Å². The summed E-state index contributed by atoms with van der Waals surface area (Å²) >= 11 is 0. The van der Waals surface area contributed by atoms with Crippen LogP contribution in [0.2, 0.25) is 0 Å². The molecule has 0 bridgehead atoms. The Kier molecular flexibility index (Phi) is 8.81. The number of halogens is 2. The Morgan fingerprint density at radius 1 is 0.786 bits per heavy atom. The molecule has 42 heavy (non-hydrogen) atoms. The maximum Gasteiger partial charge on any atom is 0.228 e. The van der Waals surface area contributed by atoms with Gasteiger partial charge in [0.25, 0.3) is 0 Å². The number of hydrogen-bond donors (Lipinski definition) is 1. The Bertz CT molecular complexity index is 1780. The van der Waals surface area contributed by atoms with E-state index >= 15 is 0 Å². The van der Waals surface area contributed by atoms with Crippen LogP contribution >= 0.6 is 0 Å². The zero-order chi connectivity index (χ0) is 29.5. The minimum absolute atomic E-state index is 0.305. The molecule has 6 aromatic rings. The normalized spacial score (nSPS) is 10.8. The van der Waals surface area contributed by atoms with E-state index in [1.165, 1.54) is 0 Å². The minimum Gasteiger partial charge on any atom is -0.497 e. The highest BCUT2D eigenvalue weighted by molar-refractivity contribution is 5.67. The Balaban J connectivity index is 0.000000168. The molecule has 4 aromatic heterocycles. The van der Waals surface area contributed by atoms with Crippen molar-refractivity contribution in [2.45, 2.75) is 0 Å². The topological polar surface area (TPSA) is 68.3 Å². The Hall–Kier alpha value is -5.12. The van der Waals surface area contributed by atoms with Gasteiger partial charge in [0, 0.05) is 80.1 Å². The van der Waals surface area contributed by atoms with E-state index in [1.807, 2.05) is 113 Å². The van der Waals surface area contributed by atoms with E-state index in [2.05, 4.69) is 15.3 Å². The number of nitrogens with zero attached hydrogens (tertiary/aromatic N) is 5. The van der Waals surface area contributed by atoms with Gasteiger partial charge in [-0.25, -0.2) is 18.7 Å². The fourth-order valence-corrected chi connectivity index (χ4v) is 4.40. The first-order valence-corrected chi connectivity index (χ1v) is 13.4. The van der Waals surface area contributed by atoms with Crippen LogP contribution in [0.3, 0.4) is 0 Å².